The van der Waals surface area contributed by atoms with E-state index >= 15 is 0 Å². The summed E-state index contributed by atoms with van der Waals surface area (Å²) in [7, 11) is 0. The summed E-state index contributed by atoms with van der Waals surface area (Å²) in [6.45, 7) is 14.5. The second-order valence-electron chi connectivity index (χ2n) is 9.20. The van der Waals surface area contributed by atoms with Gasteiger partial charge in [-0.1, -0.05) is 101 Å². The van der Waals surface area contributed by atoms with Gasteiger partial charge in [0.15, 0.2) is 0 Å². The molecule has 0 spiro atoms. The monoisotopic (exact) mass is 517 g/mol. The quantitative estimate of drug-likeness (QED) is 0.138. The van der Waals surface area contributed by atoms with Gasteiger partial charge < -0.3 is 14.8 Å². The van der Waals surface area contributed by atoms with Crippen molar-refractivity contribution in [2.24, 2.45) is 0 Å². The Hall–Kier alpha value is -3.29. The fraction of sp³-hybridized carbons (Fsp3) is 0.441. The van der Waals surface area contributed by atoms with Crippen LogP contribution in [0.2, 0.25) is 0 Å². The van der Waals surface area contributed by atoms with E-state index in [2.05, 4.69) is 48.9 Å². The minimum absolute atomic E-state index is 0.220. The van der Waals surface area contributed by atoms with Gasteiger partial charge in [-0.15, -0.1) is 0 Å². The SMILES string of the molecule is C=C/C=C(\C=C/CC#Cc1ccc(NCC2=C/COC(C)(C)OC(=O)C/C=C\2)cc1)CCCCCC.CC. The summed E-state index contributed by atoms with van der Waals surface area (Å²) in [5.74, 6) is 5.24. The largest absolute Gasteiger partial charge is 0.433 e. The molecule has 1 heterocycles. The topological polar surface area (TPSA) is 47.6 Å². The van der Waals surface area contributed by atoms with Crippen molar-refractivity contribution < 1.29 is 14.3 Å². The van der Waals surface area contributed by atoms with E-state index in [-0.39, 0.29) is 12.4 Å². The van der Waals surface area contributed by atoms with Crippen molar-refractivity contribution in [2.75, 3.05) is 18.5 Å². The number of benzene rings is 1. The number of rotatable bonds is 11. The van der Waals surface area contributed by atoms with Gasteiger partial charge in [0, 0.05) is 38.1 Å². The van der Waals surface area contributed by atoms with Gasteiger partial charge in [-0.2, -0.15) is 0 Å². The summed E-state index contributed by atoms with van der Waals surface area (Å²) in [5.41, 5.74) is 4.36. The summed E-state index contributed by atoms with van der Waals surface area (Å²) in [5, 5.41) is 3.42. The molecule has 4 nitrogen and oxygen atoms in total. The molecule has 0 amide bonds. The number of carbonyl (C=O) groups excluding carboxylic acids is 1. The number of allylic oxidation sites excluding steroid dienone is 5. The molecule has 0 saturated heterocycles. The smallest absolute Gasteiger partial charge is 0.312 e. The minimum atomic E-state index is -0.928. The maximum atomic E-state index is 11.9. The fourth-order valence-corrected chi connectivity index (χ4v) is 3.63. The van der Waals surface area contributed by atoms with Crippen molar-refractivity contribution in [2.45, 2.75) is 85.4 Å². The zero-order valence-corrected chi connectivity index (χ0v) is 24.1. The third-order valence-electron chi connectivity index (χ3n) is 5.57. The fourth-order valence-electron chi connectivity index (χ4n) is 3.63. The summed E-state index contributed by atoms with van der Waals surface area (Å²) in [6.07, 6.45) is 21.1. The van der Waals surface area contributed by atoms with Crippen LogP contribution in [0, 0.1) is 11.8 Å². The van der Waals surface area contributed by atoms with Crippen molar-refractivity contribution in [3.05, 3.63) is 90.1 Å². The Morgan fingerprint density at radius 1 is 1.16 bits per heavy atom. The lowest BCUT2D eigenvalue weighted by Gasteiger charge is -2.25. The number of esters is 1. The second-order valence-corrected chi connectivity index (χ2v) is 9.20. The van der Waals surface area contributed by atoms with Crippen LogP contribution < -0.4 is 5.32 Å². The number of ether oxygens (including phenoxy) is 2. The van der Waals surface area contributed by atoms with Crippen molar-refractivity contribution in [3.63, 3.8) is 0 Å². The van der Waals surface area contributed by atoms with Crippen LogP contribution in [0.15, 0.2) is 84.5 Å². The molecule has 1 N–H and O–H groups in total. The Morgan fingerprint density at radius 2 is 1.92 bits per heavy atom. The average molecular weight is 518 g/mol. The molecule has 1 aliphatic heterocycles. The predicted molar refractivity (Wildman–Crippen MR) is 162 cm³/mol. The van der Waals surface area contributed by atoms with E-state index < -0.39 is 5.79 Å². The van der Waals surface area contributed by atoms with E-state index in [0.717, 1.165) is 29.7 Å². The van der Waals surface area contributed by atoms with Crippen molar-refractivity contribution in [1.82, 2.24) is 0 Å². The van der Waals surface area contributed by atoms with Crippen molar-refractivity contribution >= 4 is 11.7 Å². The highest BCUT2D eigenvalue weighted by atomic mass is 16.7. The summed E-state index contributed by atoms with van der Waals surface area (Å²) in [6, 6.07) is 8.11. The van der Waals surface area contributed by atoms with Crippen LogP contribution in [0.1, 0.15) is 85.1 Å². The number of hydrogen-bond acceptors (Lipinski definition) is 4. The first-order chi connectivity index (χ1) is 18.4. The lowest BCUT2D eigenvalue weighted by Crippen LogP contribution is -2.31. The lowest BCUT2D eigenvalue weighted by molar-refractivity contribution is -0.210. The van der Waals surface area contributed by atoms with E-state index in [4.69, 9.17) is 9.47 Å². The zero-order valence-electron chi connectivity index (χ0n) is 24.1. The maximum absolute atomic E-state index is 11.9. The average Bonchev–Trinajstić information content (AvgIpc) is 2.90. The van der Waals surface area contributed by atoms with Crippen LogP contribution >= 0.6 is 0 Å². The first-order valence-corrected chi connectivity index (χ1v) is 13.9. The molecule has 0 fully saturated rings. The van der Waals surface area contributed by atoms with E-state index in [9.17, 15) is 4.79 Å². The molecule has 4 heteroatoms. The number of anilines is 1. The Kier molecular flexibility index (Phi) is 17.0. The first-order valence-electron chi connectivity index (χ1n) is 13.9. The molecule has 0 radical (unpaired) electrons. The van der Waals surface area contributed by atoms with Gasteiger partial charge in [0.25, 0.3) is 0 Å². The van der Waals surface area contributed by atoms with Crippen molar-refractivity contribution in [3.8, 4) is 11.8 Å². The Bertz CT molecular complexity index is 1010. The predicted octanol–water partition coefficient (Wildman–Crippen LogP) is 8.69. The van der Waals surface area contributed by atoms with Gasteiger partial charge >= 0.3 is 5.97 Å². The second kappa shape index (κ2) is 19.8. The molecule has 0 saturated carbocycles. The Balaban J connectivity index is 0.00000352. The van der Waals surface area contributed by atoms with Gasteiger partial charge in [-0.05, 0) is 48.3 Å². The van der Waals surface area contributed by atoms with E-state index in [1.165, 1.54) is 31.3 Å². The molecule has 38 heavy (non-hydrogen) atoms. The highest BCUT2D eigenvalue weighted by molar-refractivity contribution is 5.71. The summed E-state index contributed by atoms with van der Waals surface area (Å²) in [4.78, 5) is 11.9. The number of nitrogens with one attached hydrogen (secondary N) is 1. The molecule has 0 bridgehead atoms. The van der Waals surface area contributed by atoms with Crippen LogP contribution in [0.5, 0.6) is 0 Å². The van der Waals surface area contributed by atoms with Crippen LogP contribution in [-0.2, 0) is 14.3 Å². The highest BCUT2D eigenvalue weighted by Gasteiger charge is 2.22. The van der Waals surface area contributed by atoms with Crippen molar-refractivity contribution in [1.29, 1.82) is 0 Å². The third kappa shape index (κ3) is 15.1. The zero-order chi connectivity index (χ0) is 28.1. The molecule has 206 valence electrons. The standard InChI is InChI=1S/C32H41NO3.C2H6/c1-5-7-8-10-15-27(14-6-2)16-11-9-12-17-28-20-22-30(23-21-28)33-26-29-18-13-19-31(34)36-32(3,4)35-25-24-29;1-2/h6,11,13-14,16,18,20-24,33H,2,5,7-10,15,19,25-26H2,1,3-4H3;1-2H3/b16-11-,18-13-,27-14-,29-24+;. The van der Waals surface area contributed by atoms with Crippen LogP contribution in [0.3, 0.4) is 0 Å². The number of unbranched alkanes of at least 4 members (excludes halogenated alkanes) is 3. The van der Waals surface area contributed by atoms with Gasteiger partial charge in [-0.25, -0.2) is 0 Å². The van der Waals surface area contributed by atoms with Gasteiger partial charge in [0.1, 0.15) is 0 Å². The van der Waals surface area contributed by atoms with Crippen LogP contribution in [-0.4, -0.2) is 24.9 Å². The number of cyclic esters (lactones) is 1. The lowest BCUT2D eigenvalue weighted by atomic mass is 10.1. The van der Waals surface area contributed by atoms with Crippen LogP contribution in [0.4, 0.5) is 5.69 Å². The van der Waals surface area contributed by atoms with E-state index in [1.807, 2.05) is 62.4 Å². The molecule has 1 aliphatic rings. The summed E-state index contributed by atoms with van der Waals surface area (Å²) >= 11 is 0. The Labute approximate surface area is 231 Å². The highest BCUT2D eigenvalue weighted by Crippen LogP contribution is 2.16. The molecule has 0 atom stereocenters. The van der Waals surface area contributed by atoms with Crippen LogP contribution in [0.25, 0.3) is 0 Å². The minimum Gasteiger partial charge on any atom is -0.433 e. The summed E-state index contributed by atoms with van der Waals surface area (Å²) < 4.78 is 11.0. The molecule has 0 aliphatic carbocycles. The molecule has 0 unspecified atom stereocenters. The normalized spacial score (nSPS) is 17.6. The molecular formula is C34H47NO3. The molecule has 1 aromatic carbocycles. The molecular weight excluding hydrogens is 470 g/mol. The van der Waals surface area contributed by atoms with Gasteiger partial charge in [0.2, 0.25) is 5.79 Å². The number of carbonyl (C=O) groups is 1. The molecule has 1 aromatic rings. The van der Waals surface area contributed by atoms with E-state index in [0.29, 0.717) is 13.2 Å². The molecule has 2 rings (SSSR count). The third-order valence-corrected chi connectivity index (χ3v) is 5.57. The number of hydrogen-bond donors (Lipinski definition) is 1. The van der Waals surface area contributed by atoms with E-state index in [1.54, 1.807) is 13.8 Å². The first kappa shape index (κ1) is 32.7. The van der Waals surface area contributed by atoms with Gasteiger partial charge in [0.05, 0.1) is 13.0 Å². The molecule has 0 aromatic heterocycles. The maximum Gasteiger partial charge on any atom is 0.312 e. The van der Waals surface area contributed by atoms with Gasteiger partial charge in [-0.3, -0.25) is 4.79 Å². The Morgan fingerprint density at radius 3 is 2.63 bits per heavy atom.